The van der Waals surface area contributed by atoms with Crippen molar-refractivity contribution in [2.45, 2.75) is 63.7 Å². The van der Waals surface area contributed by atoms with Gasteiger partial charge in [0.1, 0.15) is 23.7 Å². The van der Waals surface area contributed by atoms with Crippen molar-refractivity contribution in [3.63, 3.8) is 0 Å². The lowest BCUT2D eigenvalue weighted by atomic mass is 10.0. The van der Waals surface area contributed by atoms with Gasteiger partial charge in [-0.25, -0.2) is 19.6 Å². The number of methoxy groups -OCH3 is 2. The van der Waals surface area contributed by atoms with Crippen LogP contribution >= 0.6 is 22.7 Å². The molecule has 2 aliphatic heterocycles. The molecule has 2 saturated heterocycles. The van der Waals surface area contributed by atoms with Crippen LogP contribution in [0.2, 0.25) is 0 Å². The minimum absolute atomic E-state index is 0.114. The number of aromatic nitrogens is 4. The standard InChI is InChI=1S/C41H44N8O6S2/c1-22(2)32(46-40(52)54-3)38(50)49-17-9-13-31(49)37-43-27-15-14-24(18-28(27)44-37)25-20-56-35-26(21-57-34(25)35)29-19-42-36(45-29)30-12-8-16-48(30)39(51)33(47-41(53)55-4)23-10-6-5-7-11-23/h5-7,10-11,14-15,18-22,30-33H,8-9,12-13,16-17H2,1-4H3,(H,42,45)(H,43,44)(H,46,52)(H,47,53)/t30?,31?,32-,33-/m1/s1. The lowest BCUT2D eigenvalue weighted by molar-refractivity contribution is -0.135. The van der Waals surface area contributed by atoms with Gasteiger partial charge in [-0.05, 0) is 54.9 Å². The molecule has 57 heavy (non-hydrogen) atoms. The summed E-state index contributed by atoms with van der Waals surface area (Å²) in [6.07, 6.45) is 3.71. The van der Waals surface area contributed by atoms with Crippen molar-refractivity contribution >= 4 is 67.1 Å². The van der Waals surface area contributed by atoms with Crippen molar-refractivity contribution in [3.05, 3.63) is 82.7 Å². The van der Waals surface area contributed by atoms with E-state index in [2.05, 4.69) is 43.5 Å². The lowest BCUT2D eigenvalue weighted by Crippen LogP contribution is -2.51. The second-order valence-electron chi connectivity index (χ2n) is 14.7. The van der Waals surface area contributed by atoms with E-state index in [0.29, 0.717) is 24.5 Å². The fraction of sp³-hybridized carbons (Fsp3) is 0.366. The Labute approximate surface area is 337 Å². The molecule has 6 aromatic rings. The highest BCUT2D eigenvalue weighted by Gasteiger charge is 2.39. The summed E-state index contributed by atoms with van der Waals surface area (Å²) in [4.78, 5) is 72.3. The average Bonchev–Trinajstić information content (AvgIpc) is 4.08. The van der Waals surface area contributed by atoms with E-state index in [1.807, 2.05) is 61.3 Å². The second kappa shape index (κ2) is 16.0. The van der Waals surface area contributed by atoms with Crippen LogP contribution in [0.25, 0.3) is 42.8 Å². The molecular weight excluding hydrogens is 765 g/mol. The smallest absolute Gasteiger partial charge is 0.407 e. The number of carbonyl (C=O) groups is 4. The first kappa shape index (κ1) is 38.1. The van der Waals surface area contributed by atoms with Gasteiger partial charge in [0.25, 0.3) is 5.91 Å². The third kappa shape index (κ3) is 7.34. The molecule has 6 heterocycles. The number of H-pyrrole nitrogens is 2. The zero-order valence-electron chi connectivity index (χ0n) is 32.0. The van der Waals surface area contributed by atoms with Crippen LogP contribution in [0.4, 0.5) is 9.59 Å². The van der Waals surface area contributed by atoms with E-state index < -0.39 is 24.3 Å². The molecule has 0 bridgehead atoms. The monoisotopic (exact) mass is 808 g/mol. The number of hydrogen-bond acceptors (Lipinski definition) is 10. The van der Waals surface area contributed by atoms with Crippen LogP contribution in [0.3, 0.4) is 0 Å². The van der Waals surface area contributed by atoms with Crippen LogP contribution < -0.4 is 10.6 Å². The number of hydrogen-bond donors (Lipinski definition) is 4. The van der Waals surface area contributed by atoms with E-state index in [9.17, 15) is 19.2 Å². The Bertz CT molecular complexity index is 2440. The van der Waals surface area contributed by atoms with Gasteiger partial charge >= 0.3 is 12.2 Å². The molecule has 2 fully saturated rings. The molecule has 16 heteroatoms. The Hall–Kier alpha value is -5.74. The summed E-state index contributed by atoms with van der Waals surface area (Å²) in [5.74, 6) is 0.970. The molecule has 4 aromatic heterocycles. The van der Waals surface area contributed by atoms with Crippen molar-refractivity contribution in [1.29, 1.82) is 0 Å². The van der Waals surface area contributed by atoms with Crippen molar-refractivity contribution < 1.29 is 28.7 Å². The molecule has 2 unspecified atom stereocenters. The van der Waals surface area contributed by atoms with Crippen LogP contribution in [0.15, 0.2) is 65.5 Å². The van der Waals surface area contributed by atoms with Gasteiger partial charge in [0, 0.05) is 35.0 Å². The van der Waals surface area contributed by atoms with E-state index in [0.717, 1.165) is 74.3 Å². The zero-order chi connectivity index (χ0) is 39.8. The van der Waals surface area contributed by atoms with Gasteiger partial charge in [-0.15, -0.1) is 22.7 Å². The van der Waals surface area contributed by atoms with Crippen molar-refractivity contribution in [2.75, 3.05) is 27.3 Å². The summed E-state index contributed by atoms with van der Waals surface area (Å²) < 4.78 is 11.9. The molecule has 14 nitrogen and oxygen atoms in total. The number of rotatable bonds is 10. The van der Waals surface area contributed by atoms with E-state index in [4.69, 9.17) is 19.4 Å². The predicted molar refractivity (Wildman–Crippen MR) is 219 cm³/mol. The summed E-state index contributed by atoms with van der Waals surface area (Å²) in [5.41, 5.74) is 6.46. The number of likely N-dealkylation sites (tertiary alicyclic amines) is 2. The number of nitrogens with zero attached hydrogens (tertiary/aromatic N) is 4. The number of carbonyl (C=O) groups excluding carboxylic acids is 4. The van der Waals surface area contributed by atoms with Crippen molar-refractivity contribution in [1.82, 2.24) is 40.4 Å². The highest BCUT2D eigenvalue weighted by Crippen LogP contribution is 2.45. The topological polar surface area (TPSA) is 175 Å². The van der Waals surface area contributed by atoms with E-state index in [1.54, 1.807) is 27.6 Å². The molecule has 8 rings (SSSR count). The maximum Gasteiger partial charge on any atom is 0.407 e. The molecule has 0 spiro atoms. The average molecular weight is 809 g/mol. The first-order valence-corrected chi connectivity index (χ1v) is 20.8. The molecule has 296 valence electrons. The van der Waals surface area contributed by atoms with Crippen LogP contribution in [-0.4, -0.2) is 87.1 Å². The largest absolute Gasteiger partial charge is 0.453 e. The Morgan fingerprint density at radius 2 is 1.46 bits per heavy atom. The van der Waals surface area contributed by atoms with E-state index in [1.165, 1.54) is 14.2 Å². The maximum absolute atomic E-state index is 14.0. The molecule has 4 amide bonds. The van der Waals surface area contributed by atoms with E-state index in [-0.39, 0.29) is 29.8 Å². The predicted octanol–water partition coefficient (Wildman–Crippen LogP) is 7.70. The molecule has 4 N–H and O–H groups in total. The van der Waals surface area contributed by atoms with E-state index >= 15 is 0 Å². The third-order valence-corrected chi connectivity index (χ3v) is 13.1. The first-order valence-electron chi connectivity index (χ1n) is 19.0. The number of alkyl carbamates (subject to hydrolysis) is 2. The molecular formula is C41H44N8O6S2. The second-order valence-corrected chi connectivity index (χ2v) is 16.5. The van der Waals surface area contributed by atoms with Crippen molar-refractivity contribution in [2.24, 2.45) is 5.92 Å². The van der Waals surface area contributed by atoms with Gasteiger partial charge in [-0.3, -0.25) is 9.59 Å². The Balaban J connectivity index is 1.02. The van der Waals surface area contributed by atoms with Crippen LogP contribution in [0, 0.1) is 5.92 Å². The number of ether oxygens (including phenoxy) is 2. The molecule has 2 aliphatic rings. The summed E-state index contributed by atoms with van der Waals surface area (Å²) in [5, 5.41) is 9.74. The number of thiophene rings is 2. The van der Waals surface area contributed by atoms with Gasteiger partial charge in [-0.1, -0.05) is 50.2 Å². The summed E-state index contributed by atoms with van der Waals surface area (Å²) in [6, 6.07) is 13.3. The molecule has 2 aromatic carbocycles. The lowest BCUT2D eigenvalue weighted by Gasteiger charge is -2.29. The maximum atomic E-state index is 14.0. The quantitative estimate of drug-likeness (QED) is 0.109. The fourth-order valence-electron chi connectivity index (χ4n) is 7.98. The minimum Gasteiger partial charge on any atom is -0.453 e. The van der Waals surface area contributed by atoms with Crippen LogP contribution in [0.5, 0.6) is 0 Å². The molecule has 0 aliphatic carbocycles. The van der Waals surface area contributed by atoms with Gasteiger partial charge in [0.15, 0.2) is 0 Å². The fourth-order valence-corrected chi connectivity index (χ4v) is 10.4. The number of amides is 4. The highest BCUT2D eigenvalue weighted by molar-refractivity contribution is 7.27. The molecule has 0 saturated carbocycles. The number of imidazole rings is 2. The zero-order valence-corrected chi connectivity index (χ0v) is 33.7. The van der Waals surface area contributed by atoms with Crippen LogP contribution in [-0.2, 0) is 19.1 Å². The summed E-state index contributed by atoms with van der Waals surface area (Å²) >= 11 is 3.35. The molecule has 0 radical (unpaired) electrons. The first-order chi connectivity index (χ1) is 27.6. The van der Waals surface area contributed by atoms with Crippen molar-refractivity contribution in [3.8, 4) is 22.4 Å². The number of fused-ring (bicyclic) bond motifs is 2. The SMILES string of the molecule is COC(=O)N[C@@H](C(=O)N1CCCC1c1ncc(-c2csc3c(-c4ccc5[nH]c(C6CCCN6C(=O)[C@H](NC(=O)OC)C(C)C)nc5c4)csc23)[nH]1)c1ccccc1. The Kier molecular flexibility index (Phi) is 10.7. The normalized spacial score (nSPS) is 18.0. The Morgan fingerprint density at radius 3 is 2.16 bits per heavy atom. The number of aromatic amines is 2. The van der Waals surface area contributed by atoms with Crippen LogP contribution in [0.1, 0.15) is 74.9 Å². The van der Waals surface area contributed by atoms with Gasteiger partial charge in [-0.2, -0.15) is 0 Å². The third-order valence-electron chi connectivity index (χ3n) is 10.9. The molecule has 4 atom stereocenters. The number of benzene rings is 2. The van der Waals surface area contributed by atoms with Gasteiger partial charge < -0.3 is 39.9 Å². The number of nitrogens with one attached hydrogen (secondary N) is 4. The highest BCUT2D eigenvalue weighted by atomic mass is 32.1. The van der Waals surface area contributed by atoms with Gasteiger partial charge in [0.05, 0.1) is 58.6 Å². The summed E-state index contributed by atoms with van der Waals surface area (Å²) in [6.45, 7) is 4.95. The minimum atomic E-state index is -0.886. The Morgan fingerprint density at radius 1 is 0.807 bits per heavy atom. The van der Waals surface area contributed by atoms with Gasteiger partial charge in [0.2, 0.25) is 5.91 Å². The summed E-state index contributed by atoms with van der Waals surface area (Å²) in [7, 11) is 2.57.